The molecule has 1 aliphatic heterocycles. The zero-order chi connectivity index (χ0) is 10.7. The second kappa shape index (κ2) is 5.03. The third-order valence-corrected chi connectivity index (χ3v) is 3.86. The van der Waals surface area contributed by atoms with Crippen molar-refractivity contribution in [3.8, 4) is 0 Å². The molecule has 3 nitrogen and oxygen atoms in total. The molecule has 0 radical (unpaired) electrons. The van der Waals surface area contributed by atoms with Gasteiger partial charge in [0.1, 0.15) is 5.84 Å². The Morgan fingerprint density at radius 1 is 1.50 bits per heavy atom. The maximum absolute atomic E-state index is 7.55. The Kier molecular flexibility index (Phi) is 4.26. The van der Waals surface area contributed by atoms with Crippen LogP contribution in [0.25, 0.3) is 0 Å². The van der Waals surface area contributed by atoms with Crippen LogP contribution in [-0.2, 0) is 0 Å². The summed E-state index contributed by atoms with van der Waals surface area (Å²) >= 11 is 2.03. The van der Waals surface area contributed by atoms with Gasteiger partial charge in [0.2, 0.25) is 0 Å². The van der Waals surface area contributed by atoms with Crippen LogP contribution >= 0.6 is 11.8 Å². The molecular formula is C10H21N3S. The molecule has 1 aliphatic rings. The zero-order valence-corrected chi connectivity index (χ0v) is 10.1. The highest BCUT2D eigenvalue weighted by molar-refractivity contribution is 8.00. The Balaban J connectivity index is 2.61. The van der Waals surface area contributed by atoms with E-state index in [1.165, 1.54) is 0 Å². The number of hydrogen-bond donors (Lipinski definition) is 2. The Hall–Kier alpha value is -0.220. The van der Waals surface area contributed by atoms with Gasteiger partial charge in [0, 0.05) is 23.6 Å². The first kappa shape index (κ1) is 11.9. The molecule has 4 heteroatoms. The lowest BCUT2D eigenvalue weighted by Crippen LogP contribution is -2.51. The molecule has 1 fully saturated rings. The second-order valence-corrected chi connectivity index (χ2v) is 5.97. The zero-order valence-electron chi connectivity index (χ0n) is 9.29. The first-order valence-corrected chi connectivity index (χ1v) is 6.22. The molecule has 1 heterocycles. The molecule has 3 N–H and O–H groups in total. The molecule has 0 bridgehead atoms. The van der Waals surface area contributed by atoms with E-state index >= 15 is 0 Å². The van der Waals surface area contributed by atoms with Crippen molar-refractivity contribution < 1.29 is 0 Å². The number of nitrogens with one attached hydrogen (secondary N) is 1. The van der Waals surface area contributed by atoms with Gasteiger partial charge in [-0.05, 0) is 6.42 Å². The van der Waals surface area contributed by atoms with Crippen molar-refractivity contribution in [3.63, 3.8) is 0 Å². The quantitative estimate of drug-likeness (QED) is 0.554. The Morgan fingerprint density at radius 2 is 2.00 bits per heavy atom. The fourth-order valence-corrected chi connectivity index (χ4v) is 3.50. The highest BCUT2D eigenvalue weighted by Gasteiger charge is 2.28. The molecule has 3 unspecified atom stereocenters. The van der Waals surface area contributed by atoms with E-state index in [4.69, 9.17) is 11.1 Å². The van der Waals surface area contributed by atoms with Crippen molar-refractivity contribution in [1.82, 2.24) is 4.90 Å². The third-order valence-electron chi connectivity index (χ3n) is 2.63. The van der Waals surface area contributed by atoms with Crippen molar-refractivity contribution in [2.45, 2.75) is 43.7 Å². The van der Waals surface area contributed by atoms with Gasteiger partial charge >= 0.3 is 0 Å². The fourth-order valence-electron chi connectivity index (χ4n) is 2.15. The van der Waals surface area contributed by atoms with E-state index in [1.807, 2.05) is 11.8 Å². The molecule has 0 aromatic carbocycles. The van der Waals surface area contributed by atoms with E-state index in [0.29, 0.717) is 16.3 Å². The maximum atomic E-state index is 7.55. The summed E-state index contributed by atoms with van der Waals surface area (Å²) in [7, 11) is 0. The predicted octanol–water partition coefficient (Wildman–Crippen LogP) is 1.53. The molecule has 0 spiro atoms. The summed E-state index contributed by atoms with van der Waals surface area (Å²) in [5.41, 5.74) is 5.60. The van der Waals surface area contributed by atoms with Crippen LogP contribution < -0.4 is 5.73 Å². The van der Waals surface area contributed by atoms with Gasteiger partial charge in [-0.1, -0.05) is 20.8 Å². The summed E-state index contributed by atoms with van der Waals surface area (Å²) in [6, 6.07) is 0.154. The summed E-state index contributed by atoms with van der Waals surface area (Å²) < 4.78 is 0. The summed E-state index contributed by atoms with van der Waals surface area (Å²) in [4.78, 5) is 2.36. The van der Waals surface area contributed by atoms with Gasteiger partial charge in [0.25, 0.3) is 0 Å². The van der Waals surface area contributed by atoms with Crippen LogP contribution in [0.5, 0.6) is 0 Å². The van der Waals surface area contributed by atoms with E-state index in [1.54, 1.807) is 0 Å². The van der Waals surface area contributed by atoms with Crippen LogP contribution in [0.3, 0.4) is 0 Å². The molecule has 82 valence electrons. The molecule has 0 aromatic heterocycles. The lowest BCUT2D eigenvalue weighted by atomic mass is 10.1. The minimum absolute atomic E-state index is 0.154. The normalized spacial score (nSPS) is 31.4. The van der Waals surface area contributed by atoms with Gasteiger partial charge in [-0.2, -0.15) is 11.8 Å². The van der Waals surface area contributed by atoms with Gasteiger partial charge in [0.15, 0.2) is 0 Å². The molecule has 14 heavy (non-hydrogen) atoms. The van der Waals surface area contributed by atoms with Gasteiger partial charge in [-0.25, -0.2) is 0 Å². The van der Waals surface area contributed by atoms with Gasteiger partial charge in [-0.15, -0.1) is 0 Å². The summed E-state index contributed by atoms with van der Waals surface area (Å²) in [6.07, 6.45) is 0.944. The Morgan fingerprint density at radius 3 is 2.36 bits per heavy atom. The third kappa shape index (κ3) is 2.89. The SMILES string of the molecule is CCC(C(=N)N)N1CC(C)SC(C)C1. The smallest absolute Gasteiger partial charge is 0.108 e. The summed E-state index contributed by atoms with van der Waals surface area (Å²) in [5.74, 6) is 0.318. The molecule has 1 rings (SSSR count). The number of amidine groups is 1. The molecule has 0 aliphatic carbocycles. The van der Waals surface area contributed by atoms with Crippen LogP contribution in [0.15, 0.2) is 0 Å². The van der Waals surface area contributed by atoms with Crippen LogP contribution in [0, 0.1) is 5.41 Å². The Labute approximate surface area is 90.9 Å². The molecule has 3 atom stereocenters. The van der Waals surface area contributed by atoms with E-state index in [9.17, 15) is 0 Å². The number of hydrogen-bond acceptors (Lipinski definition) is 3. The number of nitrogens with zero attached hydrogens (tertiary/aromatic N) is 1. The van der Waals surface area contributed by atoms with E-state index in [0.717, 1.165) is 19.5 Å². The lowest BCUT2D eigenvalue weighted by molar-refractivity contribution is 0.233. The maximum Gasteiger partial charge on any atom is 0.108 e. The van der Waals surface area contributed by atoms with Gasteiger partial charge in [-0.3, -0.25) is 10.3 Å². The molecule has 0 aromatic rings. The van der Waals surface area contributed by atoms with Crippen LogP contribution in [-0.4, -0.2) is 40.4 Å². The first-order chi connectivity index (χ1) is 6.54. The van der Waals surface area contributed by atoms with Crippen molar-refractivity contribution in [2.24, 2.45) is 5.73 Å². The number of thioether (sulfide) groups is 1. The molecular weight excluding hydrogens is 194 g/mol. The fraction of sp³-hybridized carbons (Fsp3) is 0.900. The van der Waals surface area contributed by atoms with Crippen molar-refractivity contribution in [1.29, 1.82) is 5.41 Å². The summed E-state index contributed by atoms with van der Waals surface area (Å²) in [5, 5.41) is 8.87. The number of rotatable bonds is 3. The first-order valence-electron chi connectivity index (χ1n) is 5.28. The van der Waals surface area contributed by atoms with E-state index in [-0.39, 0.29) is 6.04 Å². The van der Waals surface area contributed by atoms with Crippen molar-refractivity contribution in [2.75, 3.05) is 13.1 Å². The highest BCUT2D eigenvalue weighted by Crippen LogP contribution is 2.26. The van der Waals surface area contributed by atoms with Gasteiger partial charge < -0.3 is 5.73 Å². The van der Waals surface area contributed by atoms with Gasteiger partial charge in [0.05, 0.1) is 6.04 Å². The van der Waals surface area contributed by atoms with Crippen LogP contribution in [0.2, 0.25) is 0 Å². The van der Waals surface area contributed by atoms with Crippen LogP contribution in [0.4, 0.5) is 0 Å². The molecule has 1 saturated heterocycles. The minimum Gasteiger partial charge on any atom is -0.386 e. The Bertz CT molecular complexity index is 198. The van der Waals surface area contributed by atoms with E-state index in [2.05, 4.69) is 25.7 Å². The molecule has 0 amide bonds. The van der Waals surface area contributed by atoms with Crippen molar-refractivity contribution >= 4 is 17.6 Å². The second-order valence-electron chi connectivity index (χ2n) is 4.09. The predicted molar refractivity (Wildman–Crippen MR) is 64.1 cm³/mol. The average Bonchev–Trinajstić information content (AvgIpc) is 2.02. The lowest BCUT2D eigenvalue weighted by Gasteiger charge is -2.38. The summed E-state index contributed by atoms with van der Waals surface area (Å²) in [6.45, 7) is 8.73. The standard InChI is InChI=1S/C10H21N3S/c1-4-9(10(11)12)13-5-7(2)14-8(3)6-13/h7-9H,4-6H2,1-3H3,(H3,11,12). The monoisotopic (exact) mass is 215 g/mol. The van der Waals surface area contributed by atoms with E-state index < -0.39 is 0 Å². The molecule has 0 saturated carbocycles. The largest absolute Gasteiger partial charge is 0.386 e. The number of nitrogens with two attached hydrogens (primary N) is 1. The topological polar surface area (TPSA) is 53.1 Å². The van der Waals surface area contributed by atoms with Crippen molar-refractivity contribution in [3.05, 3.63) is 0 Å². The average molecular weight is 215 g/mol. The highest BCUT2D eigenvalue weighted by atomic mass is 32.2. The van der Waals surface area contributed by atoms with Crippen LogP contribution in [0.1, 0.15) is 27.2 Å². The minimum atomic E-state index is 0.154.